The van der Waals surface area contributed by atoms with E-state index in [0.29, 0.717) is 6.54 Å². The van der Waals surface area contributed by atoms with Crippen LogP contribution in [-0.4, -0.2) is 28.1 Å². The number of hydrogen-bond acceptors (Lipinski definition) is 2. The van der Waals surface area contributed by atoms with Gasteiger partial charge in [0, 0.05) is 31.3 Å². The Kier molecular flexibility index (Phi) is 4.34. The van der Waals surface area contributed by atoms with E-state index in [4.69, 9.17) is 0 Å². The quantitative estimate of drug-likeness (QED) is 0.804. The lowest BCUT2D eigenvalue weighted by molar-refractivity contribution is -0.134. The fourth-order valence-electron chi connectivity index (χ4n) is 1.65. The molecule has 0 saturated heterocycles. The van der Waals surface area contributed by atoms with Crippen molar-refractivity contribution in [2.45, 2.75) is 33.2 Å². The first-order valence-electron chi connectivity index (χ1n) is 5.37. The van der Waals surface area contributed by atoms with E-state index in [2.05, 4.69) is 17.1 Å². The average Bonchev–Trinajstić information content (AvgIpc) is 2.69. The lowest BCUT2D eigenvalue weighted by atomic mass is 10.0. The van der Waals surface area contributed by atoms with Gasteiger partial charge in [-0.05, 0) is 6.42 Å². The van der Waals surface area contributed by atoms with E-state index in [-0.39, 0.29) is 11.8 Å². The maximum atomic E-state index is 11.9. The number of carbonyl (C=O) groups excluding carboxylic acids is 1. The van der Waals surface area contributed by atoms with Gasteiger partial charge in [0.2, 0.25) is 5.91 Å². The number of H-pyrrole nitrogens is 1. The van der Waals surface area contributed by atoms with Gasteiger partial charge >= 0.3 is 0 Å². The van der Waals surface area contributed by atoms with E-state index in [1.165, 1.54) is 0 Å². The van der Waals surface area contributed by atoms with Crippen molar-refractivity contribution in [1.82, 2.24) is 15.1 Å². The van der Waals surface area contributed by atoms with E-state index in [1.54, 1.807) is 11.1 Å². The number of nitrogens with zero attached hydrogens (tertiary/aromatic N) is 2. The van der Waals surface area contributed by atoms with Crippen LogP contribution in [-0.2, 0) is 11.3 Å². The zero-order chi connectivity index (χ0) is 11.3. The van der Waals surface area contributed by atoms with Crippen LogP contribution in [0.25, 0.3) is 0 Å². The second-order valence-corrected chi connectivity index (χ2v) is 3.99. The van der Waals surface area contributed by atoms with Crippen molar-refractivity contribution in [2.24, 2.45) is 5.92 Å². The smallest absolute Gasteiger partial charge is 0.225 e. The third-order valence-electron chi connectivity index (χ3n) is 2.49. The van der Waals surface area contributed by atoms with Crippen LogP contribution in [0.2, 0.25) is 0 Å². The van der Waals surface area contributed by atoms with Crippen LogP contribution >= 0.6 is 0 Å². The summed E-state index contributed by atoms with van der Waals surface area (Å²) in [5, 5.41) is 6.59. The summed E-state index contributed by atoms with van der Waals surface area (Å²) in [6.07, 6.45) is 5.56. The standard InChI is InChI=1S/C11H19N3O/c1-4-5-9(2)11(15)14(3)8-10-6-12-13-7-10/h6-7,9H,4-5,8H2,1-3H3,(H,12,13). The molecule has 1 heterocycles. The first-order valence-corrected chi connectivity index (χ1v) is 5.37. The van der Waals surface area contributed by atoms with Crippen LogP contribution < -0.4 is 0 Å². The van der Waals surface area contributed by atoms with Gasteiger partial charge in [0.05, 0.1) is 6.20 Å². The summed E-state index contributed by atoms with van der Waals surface area (Å²) in [5.41, 5.74) is 1.04. The van der Waals surface area contributed by atoms with Crippen molar-refractivity contribution in [3.8, 4) is 0 Å². The summed E-state index contributed by atoms with van der Waals surface area (Å²) in [7, 11) is 1.83. The van der Waals surface area contributed by atoms with Gasteiger partial charge < -0.3 is 4.90 Å². The normalized spacial score (nSPS) is 12.5. The Balaban J connectivity index is 2.46. The number of amides is 1. The highest BCUT2D eigenvalue weighted by Gasteiger charge is 2.16. The zero-order valence-electron chi connectivity index (χ0n) is 9.66. The summed E-state index contributed by atoms with van der Waals surface area (Å²) >= 11 is 0. The maximum absolute atomic E-state index is 11.9. The van der Waals surface area contributed by atoms with Crippen LogP contribution in [0.3, 0.4) is 0 Å². The largest absolute Gasteiger partial charge is 0.341 e. The molecule has 0 aliphatic carbocycles. The third kappa shape index (κ3) is 3.38. The molecule has 15 heavy (non-hydrogen) atoms. The monoisotopic (exact) mass is 209 g/mol. The fraction of sp³-hybridized carbons (Fsp3) is 0.636. The molecular formula is C11H19N3O. The fourth-order valence-corrected chi connectivity index (χ4v) is 1.65. The van der Waals surface area contributed by atoms with Crippen molar-refractivity contribution in [3.63, 3.8) is 0 Å². The predicted molar refractivity (Wildman–Crippen MR) is 59.1 cm³/mol. The van der Waals surface area contributed by atoms with Crippen LogP contribution in [0.5, 0.6) is 0 Å². The molecule has 1 aromatic heterocycles. The van der Waals surface area contributed by atoms with Crippen molar-refractivity contribution in [1.29, 1.82) is 0 Å². The molecular weight excluding hydrogens is 190 g/mol. The topological polar surface area (TPSA) is 49.0 Å². The van der Waals surface area contributed by atoms with Crippen molar-refractivity contribution < 1.29 is 4.79 Å². The van der Waals surface area contributed by atoms with Gasteiger partial charge in [-0.1, -0.05) is 20.3 Å². The van der Waals surface area contributed by atoms with E-state index in [9.17, 15) is 4.79 Å². The summed E-state index contributed by atoms with van der Waals surface area (Å²) in [4.78, 5) is 13.6. The van der Waals surface area contributed by atoms with E-state index < -0.39 is 0 Å². The molecule has 0 fully saturated rings. The highest BCUT2D eigenvalue weighted by Crippen LogP contribution is 2.10. The molecule has 0 aliphatic heterocycles. The first kappa shape index (κ1) is 11.8. The summed E-state index contributed by atoms with van der Waals surface area (Å²) < 4.78 is 0. The Hall–Kier alpha value is -1.32. The molecule has 4 heteroatoms. The molecule has 0 radical (unpaired) electrons. The Morgan fingerprint density at radius 1 is 1.67 bits per heavy atom. The number of nitrogens with one attached hydrogen (secondary N) is 1. The number of aromatic amines is 1. The van der Waals surface area contributed by atoms with E-state index in [0.717, 1.165) is 18.4 Å². The Morgan fingerprint density at radius 2 is 2.40 bits per heavy atom. The summed E-state index contributed by atoms with van der Waals surface area (Å²) in [6, 6.07) is 0. The molecule has 1 atom stereocenters. The molecule has 1 amide bonds. The molecule has 0 bridgehead atoms. The maximum Gasteiger partial charge on any atom is 0.225 e. The molecule has 0 aromatic carbocycles. The van der Waals surface area contributed by atoms with Crippen LogP contribution in [0, 0.1) is 5.92 Å². The van der Waals surface area contributed by atoms with Gasteiger partial charge in [-0.15, -0.1) is 0 Å². The van der Waals surface area contributed by atoms with Crippen molar-refractivity contribution >= 4 is 5.91 Å². The summed E-state index contributed by atoms with van der Waals surface area (Å²) in [5.74, 6) is 0.324. The lowest BCUT2D eigenvalue weighted by Gasteiger charge is -2.20. The number of aromatic nitrogens is 2. The predicted octanol–water partition coefficient (Wildman–Crippen LogP) is 1.80. The van der Waals surface area contributed by atoms with Crippen molar-refractivity contribution in [2.75, 3.05) is 7.05 Å². The molecule has 1 aromatic rings. The average molecular weight is 209 g/mol. The molecule has 1 N–H and O–H groups in total. The minimum absolute atomic E-state index is 0.118. The number of carbonyl (C=O) groups is 1. The highest BCUT2D eigenvalue weighted by atomic mass is 16.2. The van der Waals surface area contributed by atoms with Crippen LogP contribution in [0.15, 0.2) is 12.4 Å². The Labute approximate surface area is 90.7 Å². The minimum Gasteiger partial charge on any atom is -0.341 e. The Morgan fingerprint density at radius 3 is 2.93 bits per heavy atom. The van der Waals surface area contributed by atoms with E-state index >= 15 is 0 Å². The second-order valence-electron chi connectivity index (χ2n) is 3.99. The number of hydrogen-bond donors (Lipinski definition) is 1. The Bertz CT molecular complexity index is 295. The SMILES string of the molecule is CCCC(C)C(=O)N(C)Cc1cn[nH]c1. The minimum atomic E-state index is 0.118. The van der Waals surface area contributed by atoms with E-state index in [1.807, 2.05) is 20.2 Å². The van der Waals surface area contributed by atoms with Gasteiger partial charge in [-0.2, -0.15) is 5.10 Å². The van der Waals surface area contributed by atoms with Gasteiger partial charge in [-0.25, -0.2) is 0 Å². The highest BCUT2D eigenvalue weighted by molar-refractivity contribution is 5.78. The molecule has 0 saturated carbocycles. The van der Waals surface area contributed by atoms with Crippen LogP contribution in [0.1, 0.15) is 32.3 Å². The third-order valence-corrected chi connectivity index (χ3v) is 2.49. The van der Waals surface area contributed by atoms with Gasteiger partial charge in [0.25, 0.3) is 0 Å². The first-order chi connectivity index (χ1) is 7.15. The van der Waals surface area contributed by atoms with Gasteiger partial charge in [0.1, 0.15) is 0 Å². The second kappa shape index (κ2) is 5.53. The molecule has 0 aliphatic rings. The van der Waals surface area contributed by atoms with Gasteiger partial charge in [-0.3, -0.25) is 9.89 Å². The molecule has 4 nitrogen and oxygen atoms in total. The van der Waals surface area contributed by atoms with Crippen molar-refractivity contribution in [3.05, 3.63) is 18.0 Å². The molecule has 1 rings (SSSR count). The molecule has 1 unspecified atom stereocenters. The lowest BCUT2D eigenvalue weighted by Crippen LogP contribution is -2.31. The molecule has 84 valence electrons. The van der Waals surface area contributed by atoms with Crippen LogP contribution in [0.4, 0.5) is 0 Å². The van der Waals surface area contributed by atoms with Gasteiger partial charge in [0.15, 0.2) is 0 Å². The zero-order valence-corrected chi connectivity index (χ0v) is 9.66. The number of rotatable bonds is 5. The summed E-state index contributed by atoms with van der Waals surface area (Å²) in [6.45, 7) is 4.71. The molecule has 0 spiro atoms.